The average molecular weight is 413 g/mol. The van der Waals surface area contributed by atoms with Crippen LogP contribution in [0.5, 0.6) is 11.5 Å². The van der Waals surface area contributed by atoms with Gasteiger partial charge in [0.05, 0.1) is 19.3 Å². The van der Waals surface area contributed by atoms with E-state index in [0.29, 0.717) is 32.5 Å². The summed E-state index contributed by atoms with van der Waals surface area (Å²) < 4.78 is 11.2. The smallest absolute Gasteiger partial charge is 0.234 e. The second kappa shape index (κ2) is 10.5. The average Bonchev–Trinajstić information content (AvgIpc) is 2.94. The number of carbonyl (C=O) groups excluding carboxylic acids is 1. The summed E-state index contributed by atoms with van der Waals surface area (Å²) in [7, 11) is 1.63. The number of benzene rings is 2. The van der Waals surface area contributed by atoms with Crippen LogP contribution in [-0.2, 0) is 11.3 Å². The number of nitrogens with zero attached hydrogens (tertiary/aromatic N) is 1. The highest BCUT2D eigenvalue weighted by molar-refractivity contribution is 5.78. The molecule has 1 saturated heterocycles. The van der Waals surface area contributed by atoms with E-state index in [2.05, 4.69) is 10.2 Å². The van der Waals surface area contributed by atoms with Gasteiger partial charge >= 0.3 is 0 Å². The molecule has 30 heavy (non-hydrogen) atoms. The molecular formula is C24H32N2O4. The summed E-state index contributed by atoms with van der Waals surface area (Å²) in [5.41, 5.74) is 1.26. The van der Waals surface area contributed by atoms with Gasteiger partial charge in [-0.1, -0.05) is 35.9 Å². The molecule has 0 aliphatic carbocycles. The topological polar surface area (TPSA) is 71.0 Å². The summed E-state index contributed by atoms with van der Waals surface area (Å²) >= 11 is 0. The highest BCUT2D eigenvalue weighted by Crippen LogP contribution is 2.24. The van der Waals surface area contributed by atoms with Gasteiger partial charge in [-0.05, 0) is 50.9 Å². The summed E-state index contributed by atoms with van der Waals surface area (Å²) in [4.78, 5) is 14.5. The Bertz CT molecular complexity index is 824. The van der Waals surface area contributed by atoms with Crippen molar-refractivity contribution in [3.63, 3.8) is 0 Å². The highest BCUT2D eigenvalue weighted by atomic mass is 16.5. The Morgan fingerprint density at radius 3 is 2.67 bits per heavy atom. The Balaban J connectivity index is 1.44. The molecule has 1 amide bonds. The van der Waals surface area contributed by atoms with Crippen LogP contribution < -0.4 is 14.8 Å². The number of nitrogens with one attached hydrogen (secondary N) is 1. The number of para-hydroxylation sites is 1. The van der Waals surface area contributed by atoms with E-state index in [1.807, 2.05) is 55.5 Å². The number of rotatable bonds is 8. The Labute approximate surface area is 178 Å². The van der Waals surface area contributed by atoms with Gasteiger partial charge in [-0.2, -0.15) is 0 Å². The summed E-state index contributed by atoms with van der Waals surface area (Å²) in [6.45, 7) is 4.51. The van der Waals surface area contributed by atoms with Crippen LogP contribution in [0.25, 0.3) is 0 Å². The van der Waals surface area contributed by atoms with Crippen LogP contribution in [0.4, 0.5) is 0 Å². The SMILES string of the molecule is COc1ccccc1CNC(=O)CN1CCC[C@](O)(COc2ccc(C)cc2)CC1. The van der Waals surface area contributed by atoms with Gasteiger partial charge < -0.3 is 19.9 Å². The van der Waals surface area contributed by atoms with Crippen LogP contribution in [0.1, 0.15) is 30.4 Å². The fourth-order valence-electron chi connectivity index (χ4n) is 3.69. The largest absolute Gasteiger partial charge is 0.496 e. The third-order valence-electron chi connectivity index (χ3n) is 5.57. The van der Waals surface area contributed by atoms with E-state index in [1.165, 1.54) is 5.56 Å². The summed E-state index contributed by atoms with van der Waals surface area (Å²) in [5.74, 6) is 1.51. The van der Waals surface area contributed by atoms with Crippen molar-refractivity contribution in [2.75, 3.05) is 33.4 Å². The molecule has 1 fully saturated rings. The van der Waals surface area contributed by atoms with E-state index in [-0.39, 0.29) is 12.5 Å². The van der Waals surface area contributed by atoms with Crippen molar-refractivity contribution in [1.29, 1.82) is 0 Å². The normalized spacial score (nSPS) is 19.7. The molecule has 6 heteroatoms. The second-order valence-corrected chi connectivity index (χ2v) is 8.04. The van der Waals surface area contributed by atoms with Crippen LogP contribution in [-0.4, -0.2) is 54.9 Å². The van der Waals surface area contributed by atoms with Crippen molar-refractivity contribution in [3.8, 4) is 11.5 Å². The van der Waals surface area contributed by atoms with E-state index in [9.17, 15) is 9.90 Å². The van der Waals surface area contributed by atoms with Gasteiger partial charge in [0, 0.05) is 18.7 Å². The first-order valence-corrected chi connectivity index (χ1v) is 10.5. The zero-order valence-electron chi connectivity index (χ0n) is 17.9. The first-order chi connectivity index (χ1) is 14.5. The molecule has 0 spiro atoms. The number of aryl methyl sites for hydroxylation is 1. The zero-order chi connectivity index (χ0) is 21.4. The molecule has 3 rings (SSSR count). The fourth-order valence-corrected chi connectivity index (χ4v) is 3.69. The number of methoxy groups -OCH3 is 1. The third kappa shape index (κ3) is 6.47. The minimum atomic E-state index is -0.868. The number of carbonyl (C=O) groups is 1. The van der Waals surface area contributed by atoms with Crippen LogP contribution in [0, 0.1) is 6.92 Å². The molecule has 162 valence electrons. The van der Waals surface area contributed by atoms with E-state index in [0.717, 1.165) is 30.0 Å². The Hall–Kier alpha value is -2.57. The van der Waals surface area contributed by atoms with Crippen molar-refractivity contribution in [2.24, 2.45) is 0 Å². The molecule has 1 heterocycles. The first-order valence-electron chi connectivity index (χ1n) is 10.5. The molecule has 0 bridgehead atoms. The van der Waals surface area contributed by atoms with Crippen LogP contribution in [0.15, 0.2) is 48.5 Å². The van der Waals surface area contributed by atoms with Crippen molar-refractivity contribution < 1.29 is 19.4 Å². The number of amides is 1. The zero-order valence-corrected chi connectivity index (χ0v) is 17.9. The van der Waals surface area contributed by atoms with Gasteiger partial charge in [-0.25, -0.2) is 0 Å². The van der Waals surface area contributed by atoms with Crippen LogP contribution in [0.3, 0.4) is 0 Å². The van der Waals surface area contributed by atoms with Crippen LogP contribution >= 0.6 is 0 Å². The highest BCUT2D eigenvalue weighted by Gasteiger charge is 2.31. The predicted octanol–water partition coefficient (Wildman–Crippen LogP) is 2.92. The quantitative estimate of drug-likeness (QED) is 0.698. The number of ether oxygens (including phenoxy) is 2. The van der Waals surface area contributed by atoms with Gasteiger partial charge in [0.1, 0.15) is 18.1 Å². The first kappa shape index (κ1) is 22.1. The minimum absolute atomic E-state index is 0.0257. The lowest BCUT2D eigenvalue weighted by Gasteiger charge is -2.27. The van der Waals surface area contributed by atoms with Gasteiger partial charge in [0.25, 0.3) is 0 Å². The number of hydrogen-bond donors (Lipinski definition) is 2. The maximum Gasteiger partial charge on any atom is 0.234 e. The lowest BCUT2D eigenvalue weighted by molar-refractivity contribution is -0.122. The van der Waals surface area contributed by atoms with Crippen molar-refractivity contribution in [3.05, 3.63) is 59.7 Å². The standard InChI is InChI=1S/C24H32N2O4/c1-19-8-10-21(11-9-19)30-18-24(28)12-5-14-26(15-13-24)17-23(27)25-16-20-6-3-4-7-22(20)29-2/h3-4,6-11,28H,5,12-18H2,1-2H3,(H,25,27)/t24-/m1/s1. The molecule has 2 aromatic rings. The fraction of sp³-hybridized carbons (Fsp3) is 0.458. The second-order valence-electron chi connectivity index (χ2n) is 8.04. The van der Waals surface area contributed by atoms with Gasteiger partial charge in [0.2, 0.25) is 5.91 Å². The molecular weight excluding hydrogens is 380 g/mol. The third-order valence-corrected chi connectivity index (χ3v) is 5.57. The predicted molar refractivity (Wildman–Crippen MR) is 117 cm³/mol. The molecule has 0 radical (unpaired) electrons. The van der Waals surface area contributed by atoms with E-state index < -0.39 is 5.60 Å². The number of aliphatic hydroxyl groups is 1. The van der Waals surface area contributed by atoms with Crippen molar-refractivity contribution in [2.45, 2.75) is 38.3 Å². The summed E-state index contributed by atoms with van der Waals surface area (Å²) in [6, 6.07) is 15.5. The van der Waals surface area contributed by atoms with E-state index >= 15 is 0 Å². The Morgan fingerprint density at radius 1 is 1.13 bits per heavy atom. The molecule has 0 unspecified atom stereocenters. The molecule has 2 N–H and O–H groups in total. The number of hydrogen-bond acceptors (Lipinski definition) is 5. The lowest BCUT2D eigenvalue weighted by Crippen LogP contribution is -2.40. The molecule has 1 atom stereocenters. The van der Waals surface area contributed by atoms with Crippen molar-refractivity contribution in [1.82, 2.24) is 10.2 Å². The number of likely N-dealkylation sites (tertiary alicyclic amines) is 1. The van der Waals surface area contributed by atoms with Crippen LogP contribution in [0.2, 0.25) is 0 Å². The molecule has 1 aliphatic rings. The maximum atomic E-state index is 12.4. The monoisotopic (exact) mass is 412 g/mol. The van der Waals surface area contributed by atoms with E-state index in [4.69, 9.17) is 9.47 Å². The summed E-state index contributed by atoms with van der Waals surface area (Å²) in [6.07, 6.45) is 2.07. The Kier molecular flexibility index (Phi) is 7.71. The van der Waals surface area contributed by atoms with Gasteiger partial charge in [-0.15, -0.1) is 0 Å². The molecule has 2 aromatic carbocycles. The summed E-state index contributed by atoms with van der Waals surface area (Å²) in [5, 5.41) is 13.9. The van der Waals surface area contributed by atoms with E-state index in [1.54, 1.807) is 7.11 Å². The van der Waals surface area contributed by atoms with Gasteiger partial charge in [-0.3, -0.25) is 9.69 Å². The maximum absolute atomic E-state index is 12.4. The minimum Gasteiger partial charge on any atom is -0.496 e. The Morgan fingerprint density at radius 2 is 1.90 bits per heavy atom. The molecule has 0 saturated carbocycles. The molecule has 6 nitrogen and oxygen atoms in total. The van der Waals surface area contributed by atoms with Crippen molar-refractivity contribution >= 4 is 5.91 Å². The molecule has 1 aliphatic heterocycles. The molecule has 0 aromatic heterocycles. The lowest BCUT2D eigenvalue weighted by atomic mass is 9.96. The van der Waals surface area contributed by atoms with Gasteiger partial charge in [0.15, 0.2) is 0 Å².